The summed E-state index contributed by atoms with van der Waals surface area (Å²) in [5.41, 5.74) is 6.07. The minimum Gasteiger partial charge on any atom is -0.326 e. The molecule has 3 atom stereocenters. The number of rotatable bonds is 3. The number of fused-ring (bicyclic) bond motifs is 2. The highest BCUT2D eigenvalue weighted by Gasteiger charge is 2.39. The first-order chi connectivity index (χ1) is 6.04. The lowest BCUT2D eigenvalue weighted by molar-refractivity contribution is 0.284. The Balaban J connectivity index is 1.78. The van der Waals surface area contributed by atoms with Crippen LogP contribution in [0.25, 0.3) is 0 Å². The molecule has 2 N–H and O–H groups in total. The average Bonchev–Trinajstić information content (AvgIpc) is 2.58. The zero-order valence-electron chi connectivity index (χ0n) is 9.05. The third-order valence-corrected chi connectivity index (χ3v) is 4.04. The minimum atomic E-state index is 0.0574. The maximum absolute atomic E-state index is 6.01. The minimum absolute atomic E-state index is 0.0574. The van der Waals surface area contributed by atoms with Gasteiger partial charge in [-0.15, -0.1) is 0 Å². The van der Waals surface area contributed by atoms with Crippen LogP contribution >= 0.6 is 0 Å². The van der Waals surface area contributed by atoms with Crippen molar-refractivity contribution in [1.82, 2.24) is 0 Å². The molecule has 1 nitrogen and oxygen atoms in total. The van der Waals surface area contributed by atoms with E-state index in [4.69, 9.17) is 5.73 Å². The standard InChI is InChI=1S/C12H23N/c1-12(2,13)6-5-11-8-9-3-4-10(11)7-9/h9-11H,3-8,13H2,1-2H3. The molecule has 76 valence electrons. The first-order valence-corrected chi connectivity index (χ1v) is 5.83. The van der Waals surface area contributed by atoms with E-state index < -0.39 is 0 Å². The van der Waals surface area contributed by atoms with E-state index in [-0.39, 0.29) is 5.54 Å². The summed E-state index contributed by atoms with van der Waals surface area (Å²) in [5.74, 6) is 3.20. The van der Waals surface area contributed by atoms with E-state index in [1.165, 1.54) is 38.5 Å². The van der Waals surface area contributed by atoms with E-state index in [0.717, 1.165) is 17.8 Å². The highest BCUT2D eigenvalue weighted by molar-refractivity contribution is 4.90. The summed E-state index contributed by atoms with van der Waals surface area (Å²) in [6, 6.07) is 0. The molecule has 0 radical (unpaired) electrons. The van der Waals surface area contributed by atoms with Crippen molar-refractivity contribution in [2.75, 3.05) is 0 Å². The van der Waals surface area contributed by atoms with Crippen molar-refractivity contribution in [2.45, 2.75) is 57.9 Å². The van der Waals surface area contributed by atoms with Crippen LogP contribution in [0.1, 0.15) is 52.4 Å². The summed E-state index contributed by atoms with van der Waals surface area (Å²) in [5, 5.41) is 0. The van der Waals surface area contributed by atoms with Gasteiger partial charge in [0.15, 0.2) is 0 Å². The van der Waals surface area contributed by atoms with Crippen LogP contribution < -0.4 is 5.73 Å². The maximum atomic E-state index is 6.01. The molecule has 0 aromatic rings. The van der Waals surface area contributed by atoms with E-state index in [2.05, 4.69) is 13.8 Å². The first-order valence-electron chi connectivity index (χ1n) is 5.83. The van der Waals surface area contributed by atoms with E-state index >= 15 is 0 Å². The van der Waals surface area contributed by atoms with Crippen molar-refractivity contribution in [3.63, 3.8) is 0 Å². The van der Waals surface area contributed by atoms with Gasteiger partial charge in [-0.05, 0) is 63.7 Å². The van der Waals surface area contributed by atoms with Gasteiger partial charge in [-0.25, -0.2) is 0 Å². The van der Waals surface area contributed by atoms with Gasteiger partial charge in [0, 0.05) is 5.54 Å². The summed E-state index contributed by atoms with van der Waals surface area (Å²) in [6.07, 6.45) is 8.68. The van der Waals surface area contributed by atoms with Crippen molar-refractivity contribution >= 4 is 0 Å². The molecule has 2 aliphatic carbocycles. The van der Waals surface area contributed by atoms with Crippen molar-refractivity contribution in [3.05, 3.63) is 0 Å². The van der Waals surface area contributed by atoms with Crippen LogP contribution in [0.2, 0.25) is 0 Å². The quantitative estimate of drug-likeness (QED) is 0.711. The van der Waals surface area contributed by atoms with Crippen LogP contribution in [0.5, 0.6) is 0 Å². The molecule has 0 heterocycles. The number of hydrogen-bond acceptors (Lipinski definition) is 1. The largest absolute Gasteiger partial charge is 0.326 e. The van der Waals surface area contributed by atoms with Crippen LogP contribution in [0.15, 0.2) is 0 Å². The lowest BCUT2D eigenvalue weighted by Crippen LogP contribution is -2.32. The Bertz CT molecular complexity index is 180. The normalized spacial score (nSPS) is 38.5. The molecule has 2 aliphatic rings. The molecule has 2 fully saturated rings. The van der Waals surface area contributed by atoms with Crippen molar-refractivity contribution in [3.8, 4) is 0 Å². The Hall–Kier alpha value is -0.0400. The van der Waals surface area contributed by atoms with Gasteiger partial charge < -0.3 is 5.73 Å². The van der Waals surface area contributed by atoms with Gasteiger partial charge >= 0.3 is 0 Å². The zero-order valence-corrected chi connectivity index (χ0v) is 9.05. The molecule has 0 aromatic heterocycles. The molecular formula is C12H23N. The summed E-state index contributed by atoms with van der Waals surface area (Å²) >= 11 is 0. The molecule has 0 aromatic carbocycles. The molecule has 0 aliphatic heterocycles. The predicted octanol–water partition coefficient (Wildman–Crippen LogP) is 2.94. The van der Waals surface area contributed by atoms with E-state index in [1.54, 1.807) is 0 Å². The molecular weight excluding hydrogens is 158 g/mol. The Morgan fingerprint density at radius 3 is 2.46 bits per heavy atom. The number of hydrogen-bond donors (Lipinski definition) is 1. The van der Waals surface area contributed by atoms with Gasteiger partial charge in [0.1, 0.15) is 0 Å². The molecule has 3 unspecified atom stereocenters. The predicted molar refractivity (Wildman–Crippen MR) is 56.4 cm³/mol. The van der Waals surface area contributed by atoms with Gasteiger partial charge in [-0.2, -0.15) is 0 Å². The Kier molecular flexibility index (Phi) is 2.39. The van der Waals surface area contributed by atoms with Crippen molar-refractivity contribution in [1.29, 1.82) is 0 Å². The third-order valence-electron chi connectivity index (χ3n) is 4.04. The zero-order chi connectivity index (χ0) is 9.47. The SMILES string of the molecule is CC(C)(N)CCC1CC2CCC1C2. The Morgan fingerprint density at radius 2 is 2.00 bits per heavy atom. The lowest BCUT2D eigenvalue weighted by atomic mass is 9.83. The molecule has 2 rings (SSSR count). The molecule has 13 heavy (non-hydrogen) atoms. The third kappa shape index (κ3) is 2.25. The van der Waals surface area contributed by atoms with Crippen LogP contribution in [0.3, 0.4) is 0 Å². The van der Waals surface area contributed by atoms with Gasteiger partial charge in [0.25, 0.3) is 0 Å². The summed E-state index contributed by atoms with van der Waals surface area (Å²) in [7, 11) is 0. The fourth-order valence-electron chi connectivity index (χ4n) is 3.29. The maximum Gasteiger partial charge on any atom is 0.00971 e. The molecule has 0 amide bonds. The second-order valence-electron chi connectivity index (χ2n) is 5.96. The fourth-order valence-corrected chi connectivity index (χ4v) is 3.29. The van der Waals surface area contributed by atoms with Crippen LogP contribution in [0, 0.1) is 17.8 Å². The van der Waals surface area contributed by atoms with E-state index in [1.807, 2.05) is 0 Å². The smallest absolute Gasteiger partial charge is 0.00971 e. The molecule has 0 saturated heterocycles. The summed E-state index contributed by atoms with van der Waals surface area (Å²) < 4.78 is 0. The van der Waals surface area contributed by atoms with Crippen molar-refractivity contribution < 1.29 is 0 Å². The first kappa shape index (κ1) is 9.51. The second-order valence-corrected chi connectivity index (χ2v) is 5.96. The van der Waals surface area contributed by atoms with Crippen LogP contribution in [-0.2, 0) is 0 Å². The topological polar surface area (TPSA) is 26.0 Å². The van der Waals surface area contributed by atoms with Crippen LogP contribution in [-0.4, -0.2) is 5.54 Å². The van der Waals surface area contributed by atoms with Crippen molar-refractivity contribution in [2.24, 2.45) is 23.5 Å². The fraction of sp³-hybridized carbons (Fsp3) is 1.00. The average molecular weight is 181 g/mol. The van der Waals surface area contributed by atoms with E-state index in [9.17, 15) is 0 Å². The molecule has 2 bridgehead atoms. The monoisotopic (exact) mass is 181 g/mol. The summed E-state index contributed by atoms with van der Waals surface area (Å²) in [4.78, 5) is 0. The Morgan fingerprint density at radius 1 is 1.23 bits per heavy atom. The van der Waals surface area contributed by atoms with E-state index in [0.29, 0.717) is 0 Å². The van der Waals surface area contributed by atoms with Gasteiger partial charge in [-0.1, -0.05) is 6.42 Å². The highest BCUT2D eigenvalue weighted by atomic mass is 14.7. The molecule has 0 spiro atoms. The van der Waals surface area contributed by atoms with Gasteiger partial charge in [-0.3, -0.25) is 0 Å². The number of nitrogens with two attached hydrogens (primary N) is 1. The lowest BCUT2D eigenvalue weighted by Gasteiger charge is -2.25. The summed E-state index contributed by atoms with van der Waals surface area (Å²) in [6.45, 7) is 4.31. The highest BCUT2D eigenvalue weighted by Crippen LogP contribution is 2.50. The van der Waals surface area contributed by atoms with Gasteiger partial charge in [0.2, 0.25) is 0 Å². The van der Waals surface area contributed by atoms with Gasteiger partial charge in [0.05, 0.1) is 0 Å². The molecule has 1 heteroatoms. The second kappa shape index (κ2) is 3.27. The van der Waals surface area contributed by atoms with Crippen LogP contribution in [0.4, 0.5) is 0 Å². The molecule has 2 saturated carbocycles. The Labute approximate surface area is 82.1 Å².